The van der Waals surface area contributed by atoms with Crippen LogP contribution in [0.5, 0.6) is 0 Å². The maximum atomic E-state index is 13.2. The summed E-state index contributed by atoms with van der Waals surface area (Å²) in [7, 11) is -4.57. The van der Waals surface area contributed by atoms with Gasteiger partial charge < -0.3 is 9.67 Å². The number of halogens is 3. The molecule has 0 saturated heterocycles. The number of fused-ring (bicyclic) bond motifs is 1. The number of aromatic nitrogens is 1. The van der Waals surface area contributed by atoms with Gasteiger partial charge in [-0.3, -0.25) is 9.52 Å². The highest BCUT2D eigenvalue weighted by molar-refractivity contribution is 7.92. The number of carboxylic acids is 1. The number of carboxylic acid groups (broad SMARTS) is 1. The summed E-state index contributed by atoms with van der Waals surface area (Å²) < 4.78 is 68.2. The Kier molecular flexibility index (Phi) is 4.60. The molecule has 27 heavy (non-hydrogen) atoms. The molecule has 0 spiro atoms. The third-order valence-corrected chi connectivity index (χ3v) is 5.24. The quantitative estimate of drug-likeness (QED) is 0.688. The molecule has 3 rings (SSSR count). The lowest BCUT2D eigenvalue weighted by atomic mass is 10.2. The van der Waals surface area contributed by atoms with Gasteiger partial charge in [0.1, 0.15) is 6.54 Å². The predicted octanol–water partition coefficient (Wildman–Crippen LogP) is 3.55. The number of para-hydroxylation sites is 1. The maximum absolute atomic E-state index is 13.2. The molecule has 0 bridgehead atoms. The molecule has 1 aromatic heterocycles. The molecule has 3 aromatic rings. The second-order valence-electron chi connectivity index (χ2n) is 5.68. The van der Waals surface area contributed by atoms with Crippen molar-refractivity contribution in [2.45, 2.75) is 17.6 Å². The largest absolute Gasteiger partial charge is 0.480 e. The fourth-order valence-corrected chi connectivity index (χ4v) is 4.05. The van der Waals surface area contributed by atoms with E-state index in [1.807, 2.05) is 0 Å². The molecule has 2 aromatic carbocycles. The summed E-state index contributed by atoms with van der Waals surface area (Å²) in [4.78, 5) is 10.1. The molecule has 0 aliphatic rings. The minimum absolute atomic E-state index is 0.0178. The number of carbonyl (C=O) groups is 1. The van der Waals surface area contributed by atoms with E-state index in [9.17, 15) is 26.4 Å². The van der Waals surface area contributed by atoms with Gasteiger partial charge in [-0.05, 0) is 24.3 Å². The molecule has 0 saturated carbocycles. The second kappa shape index (κ2) is 6.62. The van der Waals surface area contributed by atoms with Crippen LogP contribution in [-0.4, -0.2) is 24.1 Å². The van der Waals surface area contributed by atoms with Gasteiger partial charge in [0, 0.05) is 11.6 Å². The standard InChI is InChI=1S/C17H13F3N2O4S/c18-17(19,20)12-5-1-2-7-14(12)27(25,26)21-13-6-3-4-11-8-9-22(16(11)13)10-15(23)24/h1-9,21H,10H2,(H,23,24). The Hall–Kier alpha value is -3.01. The number of anilines is 1. The van der Waals surface area contributed by atoms with Gasteiger partial charge >= 0.3 is 12.1 Å². The highest BCUT2D eigenvalue weighted by Gasteiger charge is 2.37. The molecule has 0 unspecified atom stereocenters. The fourth-order valence-electron chi connectivity index (χ4n) is 2.76. The highest BCUT2D eigenvalue weighted by Crippen LogP contribution is 2.35. The first-order chi connectivity index (χ1) is 12.6. The Morgan fingerprint density at radius 1 is 1.07 bits per heavy atom. The zero-order valence-corrected chi connectivity index (χ0v) is 14.4. The van der Waals surface area contributed by atoms with Crippen LogP contribution >= 0.6 is 0 Å². The first kappa shape index (κ1) is 18.8. The second-order valence-corrected chi connectivity index (χ2v) is 7.33. The summed E-state index contributed by atoms with van der Waals surface area (Å²) in [6.45, 7) is -0.429. The monoisotopic (exact) mass is 398 g/mol. The average molecular weight is 398 g/mol. The highest BCUT2D eigenvalue weighted by atomic mass is 32.2. The van der Waals surface area contributed by atoms with Crippen LogP contribution in [0.3, 0.4) is 0 Å². The average Bonchev–Trinajstić information content (AvgIpc) is 2.97. The lowest BCUT2D eigenvalue weighted by Crippen LogP contribution is -2.19. The van der Waals surface area contributed by atoms with Gasteiger partial charge in [0.15, 0.2) is 0 Å². The molecule has 2 N–H and O–H groups in total. The number of aliphatic carboxylic acids is 1. The molecule has 0 aliphatic carbocycles. The topological polar surface area (TPSA) is 88.4 Å². The number of benzene rings is 2. The van der Waals surface area contributed by atoms with Crippen molar-refractivity contribution in [2.75, 3.05) is 4.72 Å². The van der Waals surface area contributed by atoms with Crippen LogP contribution in [0.2, 0.25) is 0 Å². The van der Waals surface area contributed by atoms with Crippen molar-refractivity contribution in [2.24, 2.45) is 0 Å². The van der Waals surface area contributed by atoms with Crippen molar-refractivity contribution in [3.05, 3.63) is 60.3 Å². The van der Waals surface area contributed by atoms with Crippen LogP contribution in [-0.2, 0) is 27.5 Å². The molecule has 1 heterocycles. The fraction of sp³-hybridized carbons (Fsp3) is 0.118. The number of alkyl halides is 3. The summed E-state index contributed by atoms with van der Waals surface area (Å²) in [6.07, 6.45) is -3.39. The summed E-state index contributed by atoms with van der Waals surface area (Å²) in [6, 6.07) is 9.92. The lowest BCUT2D eigenvalue weighted by molar-refractivity contribution is -0.140. The molecule has 6 nitrogen and oxygen atoms in total. The van der Waals surface area contributed by atoms with Gasteiger partial charge in [-0.2, -0.15) is 13.2 Å². The minimum Gasteiger partial charge on any atom is -0.480 e. The molecule has 0 amide bonds. The van der Waals surface area contributed by atoms with Crippen molar-refractivity contribution >= 4 is 32.6 Å². The van der Waals surface area contributed by atoms with E-state index in [4.69, 9.17) is 5.11 Å². The van der Waals surface area contributed by atoms with E-state index in [2.05, 4.69) is 4.72 Å². The Morgan fingerprint density at radius 2 is 1.78 bits per heavy atom. The Bertz CT molecular complexity index is 1120. The van der Waals surface area contributed by atoms with E-state index in [1.54, 1.807) is 12.1 Å². The Labute approximate surface area is 151 Å². The number of hydrogen-bond acceptors (Lipinski definition) is 3. The molecule has 10 heteroatoms. The Balaban J connectivity index is 2.11. The third-order valence-electron chi connectivity index (χ3n) is 3.82. The first-order valence-corrected chi connectivity index (χ1v) is 9.06. The van der Waals surface area contributed by atoms with Crippen molar-refractivity contribution in [1.29, 1.82) is 0 Å². The van der Waals surface area contributed by atoms with Crippen LogP contribution in [0.15, 0.2) is 59.6 Å². The number of nitrogens with zero attached hydrogens (tertiary/aromatic N) is 1. The number of nitrogens with one attached hydrogen (secondary N) is 1. The number of hydrogen-bond donors (Lipinski definition) is 2. The molecular formula is C17H13F3N2O4S. The summed E-state index contributed by atoms with van der Waals surface area (Å²) in [5.74, 6) is -1.15. The molecule has 0 atom stereocenters. The van der Waals surface area contributed by atoms with Crippen LogP contribution in [0.4, 0.5) is 18.9 Å². The summed E-state index contributed by atoms with van der Waals surface area (Å²) in [5, 5.41) is 9.53. The molecule has 0 radical (unpaired) electrons. The van der Waals surface area contributed by atoms with Crippen LogP contribution < -0.4 is 4.72 Å². The zero-order valence-electron chi connectivity index (χ0n) is 13.6. The van der Waals surface area contributed by atoms with Gasteiger partial charge in [-0.15, -0.1) is 0 Å². The van der Waals surface area contributed by atoms with Crippen molar-refractivity contribution in [3.63, 3.8) is 0 Å². The zero-order chi connectivity index (χ0) is 19.8. The maximum Gasteiger partial charge on any atom is 0.417 e. The van der Waals surface area contributed by atoms with Gasteiger partial charge in [0.25, 0.3) is 10.0 Å². The van der Waals surface area contributed by atoms with E-state index in [0.29, 0.717) is 11.5 Å². The van der Waals surface area contributed by atoms with Crippen molar-refractivity contribution in [1.82, 2.24) is 4.57 Å². The van der Waals surface area contributed by atoms with Gasteiger partial charge in [-0.1, -0.05) is 24.3 Å². The van der Waals surface area contributed by atoms with E-state index >= 15 is 0 Å². The summed E-state index contributed by atoms with van der Waals surface area (Å²) in [5.41, 5.74) is -1.05. The Morgan fingerprint density at radius 3 is 2.44 bits per heavy atom. The first-order valence-electron chi connectivity index (χ1n) is 7.58. The molecule has 0 fully saturated rings. The summed E-state index contributed by atoms with van der Waals surface area (Å²) >= 11 is 0. The molecular weight excluding hydrogens is 385 g/mol. The SMILES string of the molecule is O=C(O)Cn1ccc2cccc(NS(=O)(=O)c3ccccc3C(F)(F)F)c21. The molecule has 0 aliphatic heterocycles. The van der Waals surface area contributed by atoms with E-state index in [-0.39, 0.29) is 11.2 Å². The number of rotatable bonds is 5. The normalized spacial score (nSPS) is 12.3. The molecule has 142 valence electrons. The van der Waals surface area contributed by atoms with Crippen LogP contribution in [0.1, 0.15) is 5.56 Å². The van der Waals surface area contributed by atoms with E-state index in [1.165, 1.54) is 29.0 Å². The predicted molar refractivity (Wildman–Crippen MR) is 91.8 cm³/mol. The minimum atomic E-state index is -4.85. The third kappa shape index (κ3) is 3.75. The van der Waals surface area contributed by atoms with E-state index in [0.717, 1.165) is 12.1 Å². The van der Waals surface area contributed by atoms with Gasteiger partial charge in [0.2, 0.25) is 0 Å². The van der Waals surface area contributed by atoms with E-state index < -0.39 is 39.2 Å². The van der Waals surface area contributed by atoms with Crippen LogP contribution in [0, 0.1) is 0 Å². The lowest BCUT2D eigenvalue weighted by Gasteiger charge is -2.15. The van der Waals surface area contributed by atoms with Gasteiger partial charge in [-0.25, -0.2) is 8.42 Å². The van der Waals surface area contributed by atoms with Crippen molar-refractivity contribution < 1.29 is 31.5 Å². The number of sulfonamides is 1. The van der Waals surface area contributed by atoms with Gasteiger partial charge in [0.05, 0.1) is 21.7 Å². The smallest absolute Gasteiger partial charge is 0.417 e. The van der Waals surface area contributed by atoms with Crippen molar-refractivity contribution in [3.8, 4) is 0 Å². The van der Waals surface area contributed by atoms with Crippen LogP contribution in [0.25, 0.3) is 10.9 Å².